The number of aromatic hydroxyl groups is 1. The zero-order valence-electron chi connectivity index (χ0n) is 9.97. The minimum atomic E-state index is -0.200. The highest BCUT2D eigenvalue weighted by Gasteiger charge is 2.17. The number of hydrogen-bond acceptors (Lipinski definition) is 2. The van der Waals surface area contributed by atoms with E-state index in [0.29, 0.717) is 6.42 Å². The highest BCUT2D eigenvalue weighted by atomic mass is 79.9. The second-order valence-electron chi connectivity index (χ2n) is 4.33. The summed E-state index contributed by atoms with van der Waals surface area (Å²) in [5.74, 6) is 0.270. The topological polar surface area (TPSA) is 46.2 Å². The second-order valence-corrected chi connectivity index (χ2v) is 5.13. The number of hydrogen-bond donors (Lipinski definition) is 2. The van der Waals surface area contributed by atoms with Crippen LogP contribution >= 0.6 is 15.9 Å². The van der Waals surface area contributed by atoms with E-state index >= 15 is 0 Å². The zero-order chi connectivity index (χ0) is 12.5. The number of benzene rings is 1. The number of rotatable bonds is 3. The number of phenolic OH excluding ortho intramolecular Hbond substituents is 1. The molecule has 0 aliphatic rings. The lowest BCUT2D eigenvalue weighted by Crippen LogP contribution is -2.13. The van der Waals surface area contributed by atoms with Crippen molar-refractivity contribution in [2.75, 3.05) is 0 Å². The van der Waals surface area contributed by atoms with Crippen molar-refractivity contribution in [1.29, 1.82) is 0 Å². The molecule has 0 fully saturated rings. The lowest BCUT2D eigenvalue weighted by molar-refractivity contribution is 0.459. The average molecular weight is 284 g/mol. The Balaban J connectivity index is 3.23. The Hall–Kier alpha value is -0.800. The molecule has 3 heteroatoms. The van der Waals surface area contributed by atoms with E-state index < -0.39 is 0 Å². The minimum Gasteiger partial charge on any atom is -0.508 e. The molecule has 0 aliphatic heterocycles. The first-order valence-electron chi connectivity index (χ1n) is 5.23. The van der Waals surface area contributed by atoms with Crippen molar-refractivity contribution in [1.82, 2.24) is 0 Å². The van der Waals surface area contributed by atoms with Gasteiger partial charge in [-0.15, -0.1) is 6.58 Å². The number of halogens is 1. The third-order valence-electron chi connectivity index (χ3n) is 2.65. The Morgan fingerprint density at radius 2 is 2.12 bits per heavy atom. The van der Waals surface area contributed by atoms with Crippen LogP contribution in [0.4, 0.5) is 0 Å². The van der Waals surface area contributed by atoms with E-state index in [1.54, 1.807) is 6.07 Å². The standard InChI is InChI=1S/C13H18BrNO/c1-7(2)5-10(15)12-9(4)13(14)8(3)6-11(12)16/h6,10,16H,1,5,15H2,2-4H3/t10-/m1/s1. The summed E-state index contributed by atoms with van der Waals surface area (Å²) in [6.07, 6.45) is 0.684. The molecule has 0 unspecified atom stereocenters. The Morgan fingerprint density at radius 3 is 2.62 bits per heavy atom. The van der Waals surface area contributed by atoms with E-state index in [1.165, 1.54) is 0 Å². The molecule has 0 amide bonds. The molecule has 1 aromatic rings. The predicted octanol–water partition coefficient (Wildman–Crippen LogP) is 3.74. The fraction of sp³-hybridized carbons (Fsp3) is 0.385. The van der Waals surface area contributed by atoms with E-state index in [4.69, 9.17) is 5.73 Å². The molecule has 0 bridgehead atoms. The molecule has 0 saturated carbocycles. The van der Waals surface area contributed by atoms with Gasteiger partial charge in [0.2, 0.25) is 0 Å². The first-order valence-corrected chi connectivity index (χ1v) is 6.02. The summed E-state index contributed by atoms with van der Waals surface area (Å²) < 4.78 is 1.01. The van der Waals surface area contributed by atoms with Gasteiger partial charge < -0.3 is 10.8 Å². The minimum absolute atomic E-state index is 0.200. The van der Waals surface area contributed by atoms with Crippen LogP contribution in [-0.4, -0.2) is 5.11 Å². The number of phenols is 1. The maximum Gasteiger partial charge on any atom is 0.120 e. The third kappa shape index (κ3) is 2.66. The van der Waals surface area contributed by atoms with Gasteiger partial charge in [-0.25, -0.2) is 0 Å². The Kier molecular flexibility index (Phi) is 4.16. The summed E-state index contributed by atoms with van der Waals surface area (Å²) in [6.45, 7) is 9.70. The number of aryl methyl sites for hydroxylation is 1. The van der Waals surface area contributed by atoms with Crippen molar-refractivity contribution in [3.63, 3.8) is 0 Å². The van der Waals surface area contributed by atoms with Gasteiger partial charge in [-0.05, 0) is 44.4 Å². The molecule has 16 heavy (non-hydrogen) atoms. The lowest BCUT2D eigenvalue weighted by Gasteiger charge is -2.18. The maximum atomic E-state index is 9.95. The highest BCUT2D eigenvalue weighted by Crippen LogP contribution is 2.35. The van der Waals surface area contributed by atoms with Crippen LogP contribution in [-0.2, 0) is 0 Å². The summed E-state index contributed by atoms with van der Waals surface area (Å²) >= 11 is 3.51. The van der Waals surface area contributed by atoms with Gasteiger partial charge in [0, 0.05) is 16.1 Å². The molecule has 0 radical (unpaired) electrons. The molecule has 0 saturated heterocycles. The van der Waals surface area contributed by atoms with Gasteiger partial charge in [-0.3, -0.25) is 0 Å². The molecule has 1 aromatic carbocycles. The second kappa shape index (κ2) is 5.02. The van der Waals surface area contributed by atoms with Crippen molar-refractivity contribution in [2.24, 2.45) is 5.73 Å². The van der Waals surface area contributed by atoms with Gasteiger partial charge in [0.05, 0.1) is 0 Å². The van der Waals surface area contributed by atoms with Gasteiger partial charge in [-0.1, -0.05) is 21.5 Å². The van der Waals surface area contributed by atoms with Crippen LogP contribution in [0.1, 0.15) is 36.1 Å². The van der Waals surface area contributed by atoms with Crippen molar-refractivity contribution in [2.45, 2.75) is 33.2 Å². The molecule has 88 valence electrons. The monoisotopic (exact) mass is 283 g/mol. The first-order chi connectivity index (χ1) is 7.34. The lowest BCUT2D eigenvalue weighted by atomic mass is 9.94. The summed E-state index contributed by atoms with van der Waals surface area (Å²) in [7, 11) is 0. The molecule has 3 N–H and O–H groups in total. The zero-order valence-corrected chi connectivity index (χ0v) is 11.6. The number of nitrogens with two attached hydrogens (primary N) is 1. The summed E-state index contributed by atoms with van der Waals surface area (Å²) in [5.41, 5.74) is 9.92. The van der Waals surface area contributed by atoms with Crippen LogP contribution in [0.5, 0.6) is 5.75 Å². The normalized spacial score (nSPS) is 12.6. The fourth-order valence-corrected chi connectivity index (χ4v) is 2.23. The van der Waals surface area contributed by atoms with Crippen molar-refractivity contribution < 1.29 is 5.11 Å². The van der Waals surface area contributed by atoms with Crippen LogP contribution in [0.25, 0.3) is 0 Å². The van der Waals surface area contributed by atoms with Crippen LogP contribution in [0, 0.1) is 13.8 Å². The summed E-state index contributed by atoms with van der Waals surface area (Å²) in [4.78, 5) is 0. The molecule has 2 nitrogen and oxygen atoms in total. The fourth-order valence-electron chi connectivity index (χ4n) is 1.90. The summed E-state index contributed by atoms with van der Waals surface area (Å²) in [5, 5.41) is 9.95. The molecular weight excluding hydrogens is 266 g/mol. The van der Waals surface area contributed by atoms with E-state index in [-0.39, 0.29) is 11.8 Å². The molecule has 0 spiro atoms. The van der Waals surface area contributed by atoms with Crippen molar-refractivity contribution >= 4 is 15.9 Å². The van der Waals surface area contributed by atoms with Gasteiger partial charge in [-0.2, -0.15) is 0 Å². The average Bonchev–Trinajstić information content (AvgIpc) is 2.13. The quantitative estimate of drug-likeness (QED) is 0.831. The van der Waals surface area contributed by atoms with E-state index in [2.05, 4.69) is 22.5 Å². The Labute approximate surface area is 105 Å². The SMILES string of the molecule is C=C(C)C[C@@H](N)c1c(O)cc(C)c(Br)c1C. The first kappa shape index (κ1) is 13.3. The van der Waals surface area contributed by atoms with Gasteiger partial charge in [0.25, 0.3) is 0 Å². The predicted molar refractivity (Wildman–Crippen MR) is 71.6 cm³/mol. The van der Waals surface area contributed by atoms with Crippen molar-refractivity contribution in [3.8, 4) is 5.75 Å². The van der Waals surface area contributed by atoms with Crippen molar-refractivity contribution in [3.05, 3.63) is 39.4 Å². The smallest absolute Gasteiger partial charge is 0.120 e. The highest BCUT2D eigenvalue weighted by molar-refractivity contribution is 9.10. The Bertz CT molecular complexity index is 426. The third-order valence-corrected chi connectivity index (χ3v) is 3.87. The van der Waals surface area contributed by atoms with Crippen LogP contribution < -0.4 is 5.73 Å². The van der Waals surface area contributed by atoms with Crippen LogP contribution in [0.3, 0.4) is 0 Å². The molecule has 0 aromatic heterocycles. The maximum absolute atomic E-state index is 9.95. The Morgan fingerprint density at radius 1 is 1.56 bits per heavy atom. The molecule has 0 aliphatic carbocycles. The van der Waals surface area contributed by atoms with Gasteiger partial charge in [0.15, 0.2) is 0 Å². The molecule has 0 heterocycles. The van der Waals surface area contributed by atoms with Crippen LogP contribution in [0.2, 0.25) is 0 Å². The van der Waals surface area contributed by atoms with Crippen LogP contribution in [0.15, 0.2) is 22.7 Å². The van der Waals surface area contributed by atoms with E-state index in [9.17, 15) is 5.11 Å². The molecule has 1 atom stereocenters. The van der Waals surface area contributed by atoms with E-state index in [1.807, 2.05) is 20.8 Å². The molecule has 1 rings (SSSR count). The van der Waals surface area contributed by atoms with E-state index in [0.717, 1.165) is 26.7 Å². The van der Waals surface area contributed by atoms with Gasteiger partial charge >= 0.3 is 0 Å². The molecular formula is C13H18BrNO. The van der Waals surface area contributed by atoms with Gasteiger partial charge in [0.1, 0.15) is 5.75 Å². The largest absolute Gasteiger partial charge is 0.508 e. The summed E-state index contributed by atoms with van der Waals surface area (Å²) in [6, 6.07) is 1.54.